The number of halogens is 2. The van der Waals surface area contributed by atoms with E-state index in [0.29, 0.717) is 24.2 Å². The van der Waals surface area contributed by atoms with Gasteiger partial charge >= 0.3 is 5.97 Å². The van der Waals surface area contributed by atoms with E-state index in [-0.39, 0.29) is 18.2 Å². The second kappa shape index (κ2) is 5.72. The van der Waals surface area contributed by atoms with E-state index in [0.717, 1.165) is 31.7 Å². The number of carboxylic acid groups (broad SMARTS) is 1. The molecule has 114 valence electrons. The van der Waals surface area contributed by atoms with Crippen LogP contribution in [0.5, 0.6) is 0 Å². The second-order valence-electron chi connectivity index (χ2n) is 6.23. The Bertz CT molecular complexity index is 535. The van der Waals surface area contributed by atoms with Crippen LogP contribution in [0.25, 0.3) is 0 Å². The van der Waals surface area contributed by atoms with Gasteiger partial charge in [0.25, 0.3) is 0 Å². The van der Waals surface area contributed by atoms with Crippen molar-refractivity contribution >= 4 is 5.97 Å². The highest BCUT2D eigenvalue weighted by Gasteiger charge is 2.41. The highest BCUT2D eigenvalue weighted by molar-refractivity contribution is 5.67. The maximum absolute atomic E-state index is 13.8. The van der Waals surface area contributed by atoms with Crippen molar-refractivity contribution in [2.24, 2.45) is 5.92 Å². The van der Waals surface area contributed by atoms with E-state index in [1.165, 1.54) is 12.1 Å². The fourth-order valence-electron chi connectivity index (χ4n) is 3.92. The van der Waals surface area contributed by atoms with Crippen molar-refractivity contribution in [3.05, 3.63) is 35.4 Å². The molecular formula is C16H19F2NO2. The molecule has 0 saturated carbocycles. The summed E-state index contributed by atoms with van der Waals surface area (Å²) in [5.74, 6) is -1.32. The highest BCUT2D eigenvalue weighted by atomic mass is 19.1. The summed E-state index contributed by atoms with van der Waals surface area (Å²) in [6.07, 6.45) is 3.96. The van der Waals surface area contributed by atoms with Gasteiger partial charge in [-0.25, -0.2) is 8.78 Å². The van der Waals surface area contributed by atoms with Crippen LogP contribution in [-0.4, -0.2) is 28.1 Å². The molecule has 0 aromatic heterocycles. The Labute approximate surface area is 122 Å². The zero-order valence-electron chi connectivity index (χ0n) is 11.8. The molecule has 2 heterocycles. The topological polar surface area (TPSA) is 40.5 Å². The zero-order valence-corrected chi connectivity index (χ0v) is 11.8. The summed E-state index contributed by atoms with van der Waals surface area (Å²) in [6, 6.07) is 4.17. The number of hydrogen-bond donors (Lipinski definition) is 1. The number of benzene rings is 1. The van der Waals surface area contributed by atoms with Crippen LogP contribution < -0.4 is 0 Å². The Kier molecular flexibility index (Phi) is 3.93. The summed E-state index contributed by atoms with van der Waals surface area (Å²) in [5.41, 5.74) is 0.392. The monoisotopic (exact) mass is 295 g/mol. The zero-order chi connectivity index (χ0) is 15.0. The van der Waals surface area contributed by atoms with E-state index >= 15 is 0 Å². The van der Waals surface area contributed by atoms with Crippen LogP contribution >= 0.6 is 0 Å². The van der Waals surface area contributed by atoms with Crippen LogP contribution in [0, 0.1) is 17.6 Å². The summed E-state index contributed by atoms with van der Waals surface area (Å²) < 4.78 is 27.0. The second-order valence-corrected chi connectivity index (χ2v) is 6.23. The molecule has 1 N–H and O–H groups in total. The van der Waals surface area contributed by atoms with Crippen molar-refractivity contribution in [3.63, 3.8) is 0 Å². The first-order valence-electron chi connectivity index (χ1n) is 7.44. The minimum atomic E-state index is -0.746. The molecule has 2 aliphatic rings. The fraction of sp³-hybridized carbons (Fsp3) is 0.562. The minimum Gasteiger partial charge on any atom is -0.481 e. The number of rotatable bonds is 4. The maximum Gasteiger partial charge on any atom is 0.303 e. The van der Waals surface area contributed by atoms with Gasteiger partial charge < -0.3 is 5.11 Å². The molecule has 2 saturated heterocycles. The molecule has 3 nitrogen and oxygen atoms in total. The predicted molar refractivity (Wildman–Crippen MR) is 73.7 cm³/mol. The first-order valence-corrected chi connectivity index (χ1v) is 7.44. The molecular weight excluding hydrogens is 276 g/mol. The van der Waals surface area contributed by atoms with Crippen LogP contribution in [0.3, 0.4) is 0 Å². The molecule has 3 rings (SSSR count). The lowest BCUT2D eigenvalue weighted by Crippen LogP contribution is -2.42. The third-order valence-electron chi connectivity index (χ3n) is 4.81. The third-order valence-corrected chi connectivity index (χ3v) is 4.81. The summed E-state index contributed by atoms with van der Waals surface area (Å²) in [7, 11) is 0. The smallest absolute Gasteiger partial charge is 0.303 e. The van der Waals surface area contributed by atoms with Gasteiger partial charge in [-0.3, -0.25) is 9.69 Å². The molecule has 0 aliphatic carbocycles. The van der Waals surface area contributed by atoms with Crippen LogP contribution in [0.15, 0.2) is 18.2 Å². The number of carbonyl (C=O) groups is 1. The van der Waals surface area contributed by atoms with E-state index in [1.54, 1.807) is 0 Å². The van der Waals surface area contributed by atoms with E-state index in [9.17, 15) is 13.6 Å². The molecule has 5 heteroatoms. The number of aliphatic carboxylic acids is 1. The molecule has 0 amide bonds. The largest absolute Gasteiger partial charge is 0.481 e. The first kappa shape index (κ1) is 14.4. The van der Waals surface area contributed by atoms with Gasteiger partial charge in [0.05, 0.1) is 0 Å². The summed E-state index contributed by atoms with van der Waals surface area (Å²) >= 11 is 0. The number of carboxylic acids is 1. The van der Waals surface area contributed by atoms with E-state index < -0.39 is 11.8 Å². The third kappa shape index (κ3) is 3.07. The van der Waals surface area contributed by atoms with Crippen molar-refractivity contribution in [2.75, 3.05) is 0 Å². The van der Waals surface area contributed by atoms with Gasteiger partial charge in [0.1, 0.15) is 11.6 Å². The highest BCUT2D eigenvalue weighted by Crippen LogP contribution is 2.40. The fourth-order valence-corrected chi connectivity index (χ4v) is 3.92. The molecule has 21 heavy (non-hydrogen) atoms. The normalized spacial score (nSPS) is 28.8. The molecule has 1 aromatic rings. The average Bonchev–Trinajstić information content (AvgIpc) is 2.65. The number of nitrogens with zero attached hydrogens (tertiary/aromatic N) is 1. The Morgan fingerprint density at radius 3 is 2.52 bits per heavy atom. The molecule has 2 fully saturated rings. The van der Waals surface area contributed by atoms with Crippen molar-refractivity contribution < 1.29 is 18.7 Å². The Morgan fingerprint density at radius 1 is 1.24 bits per heavy atom. The van der Waals surface area contributed by atoms with Gasteiger partial charge in [-0.2, -0.15) is 0 Å². The Hall–Kier alpha value is -1.49. The van der Waals surface area contributed by atoms with Crippen LogP contribution in [0.4, 0.5) is 8.78 Å². The summed E-state index contributed by atoms with van der Waals surface area (Å²) in [4.78, 5) is 13.1. The SMILES string of the molecule is O=C(O)CC1CC2CCC(C1)N2Cc1cc(F)ccc1F. The first-order chi connectivity index (χ1) is 10.0. The average molecular weight is 295 g/mol. The quantitative estimate of drug-likeness (QED) is 0.927. The van der Waals surface area contributed by atoms with E-state index in [2.05, 4.69) is 4.90 Å². The van der Waals surface area contributed by atoms with Crippen molar-refractivity contribution in [1.29, 1.82) is 0 Å². The molecule has 2 unspecified atom stereocenters. The van der Waals surface area contributed by atoms with Gasteiger partial charge in [0, 0.05) is 30.6 Å². The molecule has 0 spiro atoms. The van der Waals surface area contributed by atoms with Gasteiger partial charge in [-0.05, 0) is 49.8 Å². The van der Waals surface area contributed by atoms with Gasteiger partial charge in [0.15, 0.2) is 0 Å². The number of hydrogen-bond acceptors (Lipinski definition) is 2. The Morgan fingerprint density at radius 2 is 1.90 bits per heavy atom. The van der Waals surface area contributed by atoms with Crippen LogP contribution in [-0.2, 0) is 11.3 Å². The molecule has 2 aliphatic heterocycles. The van der Waals surface area contributed by atoms with Crippen molar-refractivity contribution in [3.8, 4) is 0 Å². The summed E-state index contributed by atoms with van der Waals surface area (Å²) in [6.45, 7) is 0.415. The van der Waals surface area contributed by atoms with Gasteiger partial charge in [-0.1, -0.05) is 0 Å². The molecule has 1 aromatic carbocycles. The lowest BCUT2D eigenvalue weighted by molar-refractivity contribution is -0.138. The standard InChI is InChI=1S/C16H19F2NO2/c17-12-1-4-15(18)11(8-12)9-19-13-2-3-14(19)6-10(5-13)7-16(20)21/h1,4,8,10,13-14H,2-3,5-7,9H2,(H,20,21). The summed E-state index contributed by atoms with van der Waals surface area (Å²) in [5, 5.41) is 8.92. The van der Waals surface area contributed by atoms with E-state index in [4.69, 9.17) is 5.11 Å². The lowest BCUT2D eigenvalue weighted by Gasteiger charge is -2.38. The lowest BCUT2D eigenvalue weighted by atomic mass is 9.88. The molecule has 2 atom stereocenters. The van der Waals surface area contributed by atoms with Gasteiger partial charge in [-0.15, -0.1) is 0 Å². The number of fused-ring (bicyclic) bond motifs is 2. The Balaban J connectivity index is 1.71. The molecule has 2 bridgehead atoms. The van der Waals surface area contributed by atoms with Gasteiger partial charge in [0.2, 0.25) is 0 Å². The number of piperidine rings is 1. The van der Waals surface area contributed by atoms with Crippen LogP contribution in [0.1, 0.15) is 37.7 Å². The van der Waals surface area contributed by atoms with Crippen molar-refractivity contribution in [2.45, 2.75) is 50.7 Å². The molecule has 0 radical (unpaired) electrons. The van der Waals surface area contributed by atoms with E-state index in [1.807, 2.05) is 0 Å². The predicted octanol–water partition coefficient (Wildman–Crippen LogP) is 3.18. The maximum atomic E-state index is 13.8. The van der Waals surface area contributed by atoms with Crippen LogP contribution in [0.2, 0.25) is 0 Å². The minimum absolute atomic E-state index is 0.216. The van der Waals surface area contributed by atoms with Crippen molar-refractivity contribution in [1.82, 2.24) is 4.90 Å².